The Balaban J connectivity index is 1.53. The van der Waals surface area contributed by atoms with Gasteiger partial charge in [-0.15, -0.1) is 0 Å². The van der Waals surface area contributed by atoms with Crippen LogP contribution in [-0.4, -0.2) is 43.1 Å². The van der Waals surface area contributed by atoms with Crippen LogP contribution in [0.2, 0.25) is 0 Å². The number of guanidine groups is 1. The van der Waals surface area contributed by atoms with Crippen molar-refractivity contribution in [1.29, 1.82) is 0 Å². The number of hydrogen-bond acceptors (Lipinski definition) is 4. The zero-order chi connectivity index (χ0) is 22.6. The van der Waals surface area contributed by atoms with E-state index in [-0.39, 0.29) is 12.0 Å². The zero-order valence-corrected chi connectivity index (χ0v) is 19.2. The van der Waals surface area contributed by atoms with Gasteiger partial charge in [-0.2, -0.15) is 0 Å². The number of carbonyl (C=O) groups is 1. The predicted octanol–water partition coefficient (Wildman–Crippen LogP) is 3.45. The highest BCUT2D eigenvalue weighted by molar-refractivity contribution is 5.94. The maximum atomic E-state index is 11.8. The van der Waals surface area contributed by atoms with Crippen molar-refractivity contribution < 1.29 is 9.53 Å². The molecule has 0 bridgehead atoms. The molecule has 0 unspecified atom stereocenters. The molecule has 1 aliphatic rings. The van der Waals surface area contributed by atoms with Gasteiger partial charge in [0.1, 0.15) is 6.10 Å². The van der Waals surface area contributed by atoms with Gasteiger partial charge in [-0.3, -0.25) is 4.79 Å². The Bertz CT molecular complexity index is 893. The molecule has 0 atom stereocenters. The quantitative estimate of drug-likeness (QED) is 0.413. The summed E-state index contributed by atoms with van der Waals surface area (Å²) in [6.07, 6.45) is 8.89. The van der Waals surface area contributed by atoms with Crippen molar-refractivity contribution in [3.05, 3.63) is 59.3 Å². The van der Waals surface area contributed by atoms with Crippen LogP contribution in [0, 0.1) is 0 Å². The van der Waals surface area contributed by atoms with E-state index in [4.69, 9.17) is 9.73 Å². The molecule has 1 saturated carbocycles. The molecule has 0 radical (unpaired) electrons. The molecule has 1 amide bonds. The number of rotatable bonds is 9. The van der Waals surface area contributed by atoms with Crippen molar-refractivity contribution in [2.45, 2.75) is 58.1 Å². The molecule has 0 aliphatic heterocycles. The van der Waals surface area contributed by atoms with Crippen LogP contribution in [0.25, 0.3) is 0 Å². The van der Waals surface area contributed by atoms with E-state index in [1.807, 2.05) is 43.3 Å². The summed E-state index contributed by atoms with van der Waals surface area (Å²) in [6.45, 7) is 4.09. The molecule has 1 fully saturated rings. The van der Waals surface area contributed by atoms with Crippen LogP contribution in [-0.2, 0) is 13.0 Å². The van der Waals surface area contributed by atoms with Gasteiger partial charge in [-0.05, 0) is 68.4 Å². The molecule has 7 heteroatoms. The highest BCUT2D eigenvalue weighted by Crippen LogP contribution is 2.22. The number of nitrogens with zero attached hydrogens (tertiary/aromatic N) is 2. The Morgan fingerprint density at radius 1 is 1.12 bits per heavy atom. The fourth-order valence-corrected chi connectivity index (χ4v) is 3.82. The first-order valence-corrected chi connectivity index (χ1v) is 11.6. The summed E-state index contributed by atoms with van der Waals surface area (Å²) in [4.78, 5) is 20.9. The van der Waals surface area contributed by atoms with Gasteiger partial charge in [0.15, 0.2) is 5.96 Å². The Morgan fingerprint density at radius 2 is 1.97 bits per heavy atom. The van der Waals surface area contributed by atoms with Gasteiger partial charge < -0.3 is 20.7 Å². The molecule has 172 valence electrons. The third-order valence-electron chi connectivity index (χ3n) is 5.53. The average molecular weight is 438 g/mol. The monoisotopic (exact) mass is 437 g/mol. The predicted molar refractivity (Wildman–Crippen MR) is 128 cm³/mol. The van der Waals surface area contributed by atoms with Crippen molar-refractivity contribution in [2.24, 2.45) is 4.99 Å². The number of aliphatic imine (C=N–C) groups is 1. The molecule has 3 N–H and O–H groups in total. The van der Waals surface area contributed by atoms with Crippen LogP contribution in [0.15, 0.2) is 47.6 Å². The summed E-state index contributed by atoms with van der Waals surface area (Å²) in [5.41, 5.74) is 2.85. The van der Waals surface area contributed by atoms with Crippen molar-refractivity contribution in [3.8, 4) is 5.88 Å². The SMILES string of the molecule is CCNC(=NCc1ccnc(OC2CCCCC2)c1)NCCc1cccc(C(=O)NC)c1. The number of benzene rings is 1. The highest BCUT2D eigenvalue weighted by Gasteiger charge is 2.15. The number of hydrogen-bond donors (Lipinski definition) is 3. The normalized spacial score (nSPS) is 14.6. The lowest BCUT2D eigenvalue weighted by molar-refractivity contribution is 0.0963. The number of amides is 1. The van der Waals surface area contributed by atoms with Gasteiger partial charge in [0.25, 0.3) is 5.91 Å². The highest BCUT2D eigenvalue weighted by atomic mass is 16.5. The van der Waals surface area contributed by atoms with E-state index in [1.165, 1.54) is 19.3 Å². The molecule has 1 heterocycles. The molecule has 3 rings (SSSR count). The minimum absolute atomic E-state index is 0.0705. The van der Waals surface area contributed by atoms with E-state index < -0.39 is 0 Å². The summed E-state index contributed by atoms with van der Waals surface area (Å²) < 4.78 is 6.08. The van der Waals surface area contributed by atoms with Crippen molar-refractivity contribution >= 4 is 11.9 Å². The summed E-state index contributed by atoms with van der Waals surface area (Å²) in [6, 6.07) is 11.7. The number of nitrogens with one attached hydrogen (secondary N) is 3. The average Bonchev–Trinajstić information content (AvgIpc) is 2.83. The second kappa shape index (κ2) is 12.7. The fourth-order valence-electron chi connectivity index (χ4n) is 3.82. The van der Waals surface area contributed by atoms with E-state index in [0.29, 0.717) is 18.0 Å². The smallest absolute Gasteiger partial charge is 0.251 e. The molecule has 0 spiro atoms. The lowest BCUT2D eigenvalue weighted by Crippen LogP contribution is -2.38. The van der Waals surface area contributed by atoms with Gasteiger partial charge in [0, 0.05) is 38.0 Å². The molecule has 32 heavy (non-hydrogen) atoms. The number of pyridine rings is 1. The molecule has 1 aromatic heterocycles. The largest absolute Gasteiger partial charge is 0.474 e. The van der Waals surface area contributed by atoms with E-state index in [2.05, 4.69) is 20.9 Å². The number of aromatic nitrogens is 1. The van der Waals surface area contributed by atoms with Crippen LogP contribution in [0.5, 0.6) is 5.88 Å². The molecule has 1 aromatic carbocycles. The molecular weight excluding hydrogens is 402 g/mol. The molecule has 7 nitrogen and oxygen atoms in total. The summed E-state index contributed by atoms with van der Waals surface area (Å²) in [7, 11) is 1.64. The maximum absolute atomic E-state index is 11.8. The standard InChI is InChI=1S/C25H35N5O2/c1-3-27-25(29-15-12-19-8-7-9-21(16-19)24(31)26-2)30-18-20-13-14-28-23(17-20)32-22-10-5-4-6-11-22/h7-9,13-14,16-17,22H,3-6,10-12,15,18H2,1-2H3,(H,26,31)(H2,27,29,30). The second-order valence-corrected chi connectivity index (χ2v) is 8.03. The van der Waals surface area contributed by atoms with Crippen LogP contribution in [0.4, 0.5) is 0 Å². The van der Waals surface area contributed by atoms with Gasteiger partial charge >= 0.3 is 0 Å². The van der Waals surface area contributed by atoms with Gasteiger partial charge in [0.05, 0.1) is 6.54 Å². The minimum Gasteiger partial charge on any atom is -0.474 e. The van der Waals surface area contributed by atoms with E-state index in [1.54, 1.807) is 13.2 Å². The lowest BCUT2D eigenvalue weighted by atomic mass is 9.98. The summed E-state index contributed by atoms with van der Waals surface area (Å²) in [5.74, 6) is 1.39. The molecule has 2 aromatic rings. The van der Waals surface area contributed by atoms with E-state index in [0.717, 1.165) is 49.4 Å². The van der Waals surface area contributed by atoms with E-state index >= 15 is 0 Å². The fraction of sp³-hybridized carbons (Fsp3) is 0.480. The van der Waals surface area contributed by atoms with Gasteiger partial charge in [0.2, 0.25) is 5.88 Å². The van der Waals surface area contributed by atoms with E-state index in [9.17, 15) is 4.79 Å². The van der Waals surface area contributed by atoms with Crippen molar-refractivity contribution in [3.63, 3.8) is 0 Å². The lowest BCUT2D eigenvalue weighted by Gasteiger charge is -2.22. The number of ether oxygens (including phenoxy) is 1. The first kappa shape index (κ1) is 23.6. The van der Waals surface area contributed by atoms with Crippen LogP contribution < -0.4 is 20.7 Å². The van der Waals surface area contributed by atoms with Crippen molar-refractivity contribution in [1.82, 2.24) is 20.9 Å². The number of carbonyl (C=O) groups excluding carboxylic acids is 1. The maximum Gasteiger partial charge on any atom is 0.251 e. The van der Waals surface area contributed by atoms with Crippen LogP contribution >= 0.6 is 0 Å². The Hall–Kier alpha value is -3.09. The third-order valence-corrected chi connectivity index (χ3v) is 5.53. The first-order chi connectivity index (χ1) is 15.7. The second-order valence-electron chi connectivity index (χ2n) is 8.03. The first-order valence-electron chi connectivity index (χ1n) is 11.6. The molecule has 1 aliphatic carbocycles. The van der Waals surface area contributed by atoms with Gasteiger partial charge in [-0.25, -0.2) is 9.98 Å². The van der Waals surface area contributed by atoms with Crippen molar-refractivity contribution in [2.75, 3.05) is 20.1 Å². The minimum atomic E-state index is -0.0705. The summed E-state index contributed by atoms with van der Waals surface area (Å²) in [5, 5.41) is 9.32. The topological polar surface area (TPSA) is 87.6 Å². The summed E-state index contributed by atoms with van der Waals surface area (Å²) >= 11 is 0. The molecular formula is C25H35N5O2. The van der Waals surface area contributed by atoms with Crippen LogP contribution in [0.1, 0.15) is 60.5 Å². The molecule has 0 saturated heterocycles. The Kier molecular flexibility index (Phi) is 9.35. The van der Waals surface area contributed by atoms with Gasteiger partial charge in [-0.1, -0.05) is 18.6 Å². The Morgan fingerprint density at radius 3 is 2.75 bits per heavy atom. The third kappa shape index (κ3) is 7.55. The van der Waals surface area contributed by atoms with Crippen LogP contribution in [0.3, 0.4) is 0 Å². The zero-order valence-electron chi connectivity index (χ0n) is 19.2. The Labute approximate surface area is 191 Å².